The third-order valence-corrected chi connectivity index (χ3v) is 5.62. The van der Waals surface area contributed by atoms with Gasteiger partial charge in [0.2, 0.25) is 11.8 Å². The number of hydrogen-bond acceptors (Lipinski definition) is 3. The molecule has 0 saturated carbocycles. The van der Waals surface area contributed by atoms with Gasteiger partial charge in [0.1, 0.15) is 6.04 Å². The molecule has 0 spiro atoms. The summed E-state index contributed by atoms with van der Waals surface area (Å²) in [6.07, 6.45) is 2.37. The molecule has 3 amide bonds. The first-order valence-electron chi connectivity index (χ1n) is 9.73. The van der Waals surface area contributed by atoms with Crippen molar-refractivity contribution in [3.63, 3.8) is 0 Å². The minimum Gasteiger partial charge on any atom is -0.354 e. The number of benzene rings is 2. The summed E-state index contributed by atoms with van der Waals surface area (Å²) in [5.41, 5.74) is 2.00. The van der Waals surface area contributed by atoms with Gasteiger partial charge < -0.3 is 20.5 Å². The van der Waals surface area contributed by atoms with Gasteiger partial charge in [0.15, 0.2) is 0 Å². The van der Waals surface area contributed by atoms with Crippen molar-refractivity contribution in [3.05, 3.63) is 64.8 Å². The van der Waals surface area contributed by atoms with Crippen LogP contribution in [0.5, 0.6) is 0 Å². The first kappa shape index (κ1) is 20.2. The summed E-state index contributed by atoms with van der Waals surface area (Å²) < 4.78 is 3.08. The third kappa shape index (κ3) is 4.38. The second-order valence-corrected chi connectivity index (χ2v) is 8.08. The molecule has 0 saturated heterocycles. The average molecular weight is 469 g/mol. The summed E-state index contributed by atoms with van der Waals surface area (Å²) in [6.45, 7) is 1.12. The number of nitrogens with one attached hydrogen (secondary N) is 3. The molecule has 1 atom stereocenters. The standard InChI is InChI=1S/C22H21BrN4O3/c23-15-6-5-14-9-11-27(19(14)13-15)12-10-24-20(28)8-7-18-22(30)25-17-4-2-1-3-16(17)21(29)26-18/h1-6,9,11,13,18H,7-8,10,12H2,(H,24,28)(H,25,30)(H,26,29)/t18-/m0/s1. The molecule has 2 heterocycles. The zero-order chi connectivity index (χ0) is 21.1. The smallest absolute Gasteiger partial charge is 0.254 e. The molecule has 0 bridgehead atoms. The molecule has 154 valence electrons. The van der Waals surface area contributed by atoms with Gasteiger partial charge in [-0.15, -0.1) is 0 Å². The minimum atomic E-state index is -0.749. The number of aromatic nitrogens is 1. The van der Waals surface area contributed by atoms with Crippen molar-refractivity contribution in [2.24, 2.45) is 0 Å². The highest BCUT2D eigenvalue weighted by Gasteiger charge is 2.27. The van der Waals surface area contributed by atoms with Crippen molar-refractivity contribution in [1.82, 2.24) is 15.2 Å². The molecule has 3 aromatic rings. The van der Waals surface area contributed by atoms with Crippen LogP contribution in [0.3, 0.4) is 0 Å². The van der Waals surface area contributed by atoms with Crippen LogP contribution in [-0.2, 0) is 16.1 Å². The molecule has 30 heavy (non-hydrogen) atoms. The van der Waals surface area contributed by atoms with Gasteiger partial charge in [0.25, 0.3) is 5.91 Å². The van der Waals surface area contributed by atoms with Crippen molar-refractivity contribution in [2.45, 2.75) is 25.4 Å². The molecule has 7 nitrogen and oxygen atoms in total. The van der Waals surface area contributed by atoms with E-state index in [1.165, 1.54) is 0 Å². The van der Waals surface area contributed by atoms with Gasteiger partial charge >= 0.3 is 0 Å². The summed E-state index contributed by atoms with van der Waals surface area (Å²) in [5.74, 6) is -0.790. The Morgan fingerprint density at radius 2 is 1.97 bits per heavy atom. The van der Waals surface area contributed by atoms with Crippen molar-refractivity contribution in [1.29, 1.82) is 0 Å². The Morgan fingerprint density at radius 3 is 2.83 bits per heavy atom. The van der Waals surface area contributed by atoms with Crippen LogP contribution in [0.4, 0.5) is 5.69 Å². The Morgan fingerprint density at radius 1 is 1.13 bits per heavy atom. The summed E-state index contributed by atoms with van der Waals surface area (Å²) in [7, 11) is 0. The van der Waals surface area contributed by atoms with Crippen molar-refractivity contribution < 1.29 is 14.4 Å². The van der Waals surface area contributed by atoms with E-state index < -0.39 is 6.04 Å². The molecule has 1 aromatic heterocycles. The number of anilines is 1. The second-order valence-electron chi connectivity index (χ2n) is 7.16. The minimum absolute atomic E-state index is 0.146. The molecule has 0 radical (unpaired) electrons. The molecule has 0 aliphatic carbocycles. The van der Waals surface area contributed by atoms with E-state index in [0.717, 1.165) is 15.4 Å². The molecule has 1 aliphatic heterocycles. The van der Waals surface area contributed by atoms with Crippen LogP contribution < -0.4 is 16.0 Å². The van der Waals surface area contributed by atoms with E-state index in [0.29, 0.717) is 24.3 Å². The zero-order valence-corrected chi connectivity index (χ0v) is 17.7. The Bertz CT molecular complexity index is 1120. The van der Waals surface area contributed by atoms with Crippen molar-refractivity contribution in [3.8, 4) is 0 Å². The third-order valence-electron chi connectivity index (χ3n) is 5.12. The molecule has 0 fully saturated rings. The van der Waals surface area contributed by atoms with E-state index in [9.17, 15) is 14.4 Å². The van der Waals surface area contributed by atoms with Gasteiger partial charge in [-0.1, -0.05) is 34.1 Å². The monoisotopic (exact) mass is 468 g/mol. The molecule has 4 rings (SSSR count). The topological polar surface area (TPSA) is 92.2 Å². The molecule has 1 aliphatic rings. The number of nitrogens with zero attached hydrogens (tertiary/aromatic N) is 1. The molecule has 3 N–H and O–H groups in total. The Hall–Kier alpha value is -3.13. The first-order valence-corrected chi connectivity index (χ1v) is 10.5. The number of rotatable bonds is 6. The summed E-state index contributed by atoms with van der Waals surface area (Å²) in [6, 6.07) is 14.2. The quantitative estimate of drug-likeness (QED) is 0.518. The number of fused-ring (bicyclic) bond motifs is 2. The van der Waals surface area contributed by atoms with E-state index >= 15 is 0 Å². The van der Waals surface area contributed by atoms with Crippen molar-refractivity contribution >= 4 is 50.2 Å². The average Bonchev–Trinajstić information content (AvgIpc) is 3.07. The highest BCUT2D eigenvalue weighted by molar-refractivity contribution is 9.10. The van der Waals surface area contributed by atoms with Gasteiger partial charge in [-0.05, 0) is 42.1 Å². The van der Waals surface area contributed by atoms with E-state index in [1.54, 1.807) is 24.3 Å². The maximum Gasteiger partial charge on any atom is 0.254 e. The lowest BCUT2D eigenvalue weighted by Gasteiger charge is -2.14. The number of para-hydroxylation sites is 1. The van der Waals surface area contributed by atoms with E-state index in [1.807, 2.05) is 30.5 Å². The van der Waals surface area contributed by atoms with Crippen LogP contribution in [0.1, 0.15) is 23.2 Å². The number of hydrogen-bond donors (Lipinski definition) is 3. The predicted molar refractivity (Wildman–Crippen MR) is 118 cm³/mol. The van der Waals surface area contributed by atoms with Crippen molar-refractivity contribution in [2.75, 3.05) is 11.9 Å². The fraction of sp³-hybridized carbons (Fsp3) is 0.227. The Balaban J connectivity index is 1.28. The maximum atomic E-state index is 12.4. The fourth-order valence-corrected chi connectivity index (χ4v) is 3.90. The van der Waals surface area contributed by atoms with E-state index in [2.05, 4.69) is 36.4 Å². The molecule has 8 heteroatoms. The normalized spacial score (nSPS) is 15.8. The Kier molecular flexibility index (Phi) is 5.85. The predicted octanol–water partition coefficient (Wildman–Crippen LogP) is 3.05. The molecule has 2 aromatic carbocycles. The lowest BCUT2D eigenvalue weighted by atomic mass is 10.1. The van der Waals surface area contributed by atoms with Gasteiger partial charge in [-0.2, -0.15) is 0 Å². The summed E-state index contributed by atoms with van der Waals surface area (Å²) in [4.78, 5) is 37.0. The summed E-state index contributed by atoms with van der Waals surface area (Å²) in [5, 5.41) is 9.48. The van der Waals surface area contributed by atoms with E-state index in [-0.39, 0.29) is 30.6 Å². The lowest BCUT2D eigenvalue weighted by molar-refractivity contribution is -0.121. The number of halogens is 1. The van der Waals surface area contributed by atoms with Crippen LogP contribution in [0.25, 0.3) is 10.9 Å². The van der Waals surface area contributed by atoms with Crippen LogP contribution in [0.2, 0.25) is 0 Å². The first-order chi connectivity index (χ1) is 14.5. The highest BCUT2D eigenvalue weighted by Crippen LogP contribution is 2.21. The van der Waals surface area contributed by atoms with Gasteiger partial charge in [-0.25, -0.2) is 0 Å². The SMILES string of the molecule is O=C(CC[C@@H]1NC(=O)c2ccccc2NC1=O)NCCn1ccc2ccc(Br)cc21. The highest BCUT2D eigenvalue weighted by atomic mass is 79.9. The number of carbonyl (C=O) groups is 3. The van der Waals surface area contributed by atoms with Crippen LogP contribution in [0.15, 0.2) is 59.2 Å². The largest absolute Gasteiger partial charge is 0.354 e. The van der Waals surface area contributed by atoms with Gasteiger partial charge in [-0.3, -0.25) is 14.4 Å². The van der Waals surface area contributed by atoms with Crippen LogP contribution >= 0.6 is 15.9 Å². The van der Waals surface area contributed by atoms with Crippen LogP contribution in [-0.4, -0.2) is 34.9 Å². The number of carbonyl (C=O) groups excluding carboxylic acids is 3. The zero-order valence-electron chi connectivity index (χ0n) is 16.2. The Labute approximate surface area is 182 Å². The summed E-state index contributed by atoms with van der Waals surface area (Å²) >= 11 is 3.48. The molecular formula is C22H21BrN4O3. The van der Waals surface area contributed by atoms with Crippen LogP contribution in [0, 0.1) is 0 Å². The lowest BCUT2D eigenvalue weighted by Crippen LogP contribution is -2.42. The maximum absolute atomic E-state index is 12.4. The second kappa shape index (κ2) is 8.71. The molecule has 0 unspecified atom stereocenters. The number of amides is 3. The fourth-order valence-electron chi connectivity index (χ4n) is 3.55. The van der Waals surface area contributed by atoms with Gasteiger partial charge in [0, 0.05) is 35.7 Å². The molecular weight excluding hydrogens is 448 g/mol. The van der Waals surface area contributed by atoms with Gasteiger partial charge in [0.05, 0.1) is 11.3 Å². The van der Waals surface area contributed by atoms with E-state index in [4.69, 9.17) is 0 Å².